The molecule has 0 radical (unpaired) electrons. The van der Waals surface area contributed by atoms with E-state index in [0.29, 0.717) is 0 Å². The van der Waals surface area contributed by atoms with Crippen LogP contribution in [0.15, 0.2) is 60.7 Å². The van der Waals surface area contributed by atoms with Gasteiger partial charge in [-0.1, -0.05) is 60.7 Å². The van der Waals surface area contributed by atoms with Crippen molar-refractivity contribution >= 4 is 25.0 Å². The highest BCUT2D eigenvalue weighted by atomic mass is 16.4. The molecule has 0 N–H and O–H groups in total. The van der Waals surface area contributed by atoms with Gasteiger partial charge in [-0.15, -0.1) is 0 Å². The first-order valence-corrected chi connectivity index (χ1v) is 7.18. The summed E-state index contributed by atoms with van der Waals surface area (Å²) in [4.78, 5) is 4.18. The maximum absolute atomic E-state index is 6.40. The topological polar surface area (TPSA) is 15.7 Å². The highest BCUT2D eigenvalue weighted by Crippen LogP contribution is 2.01. The summed E-state index contributed by atoms with van der Waals surface area (Å²) in [5, 5.41) is 0. The molecule has 0 amide bonds. The van der Waals surface area contributed by atoms with E-state index < -0.39 is 0 Å². The molecule has 108 valence electrons. The molecular weight excluding hydrogens is 258 g/mol. The highest BCUT2D eigenvalue weighted by Gasteiger charge is 2.31. The number of rotatable bonds is 6. The van der Waals surface area contributed by atoms with Crippen molar-refractivity contribution in [2.24, 2.45) is 0 Å². The zero-order valence-electron chi connectivity index (χ0n) is 13.2. The van der Waals surface area contributed by atoms with Gasteiger partial charge in [0, 0.05) is 0 Å². The second-order valence-corrected chi connectivity index (χ2v) is 5.59. The predicted octanol–water partition coefficient (Wildman–Crippen LogP) is 0.917. The van der Waals surface area contributed by atoms with E-state index in [4.69, 9.17) is 4.57 Å². The smallest absolute Gasteiger partial charge is 0.404 e. The summed E-state index contributed by atoms with van der Waals surface area (Å²) in [6.45, 7) is 0. The van der Waals surface area contributed by atoms with Gasteiger partial charge in [-0.3, -0.25) is 0 Å². The summed E-state index contributed by atoms with van der Waals surface area (Å²) in [6, 6.07) is 20.6. The minimum Gasteiger partial charge on any atom is -0.464 e. The van der Waals surface area contributed by atoms with Crippen LogP contribution in [0, 0.1) is 0 Å². The molecule has 2 aromatic carbocycles. The molecule has 0 saturated carbocycles. The molecule has 0 aliphatic heterocycles. The molecular formula is C16H22B2N2O. The van der Waals surface area contributed by atoms with Crippen LogP contribution in [0.25, 0.3) is 0 Å². The second-order valence-electron chi connectivity index (χ2n) is 5.59. The molecule has 0 bridgehead atoms. The van der Waals surface area contributed by atoms with Gasteiger partial charge in [-0.05, 0) is 39.1 Å². The van der Waals surface area contributed by atoms with Crippen molar-refractivity contribution in [3.05, 3.63) is 60.7 Å². The molecule has 0 fully saturated rings. The summed E-state index contributed by atoms with van der Waals surface area (Å²) in [6.07, 6.45) is 0. The van der Waals surface area contributed by atoms with Gasteiger partial charge in [0.2, 0.25) is 0 Å². The Morgan fingerprint density at radius 2 is 0.952 bits per heavy atom. The third kappa shape index (κ3) is 4.21. The average molecular weight is 280 g/mol. The van der Waals surface area contributed by atoms with Crippen molar-refractivity contribution in [1.29, 1.82) is 0 Å². The standard InChI is InChI=1S/C16H22B2N2O/c1-19(2)17(15-11-7-5-8-12-15)21-18(20(3)4)16-13-9-6-10-14-16/h5-14H,1-4H3. The fourth-order valence-electron chi connectivity index (χ4n) is 2.35. The second kappa shape index (κ2) is 7.46. The Balaban J connectivity index is 2.25. The van der Waals surface area contributed by atoms with E-state index in [1.165, 1.54) is 0 Å². The number of hydrogen-bond donors (Lipinski definition) is 0. The first kappa shape index (κ1) is 15.8. The van der Waals surface area contributed by atoms with Crippen LogP contribution in [0.4, 0.5) is 0 Å². The Kier molecular flexibility index (Phi) is 5.62. The fraction of sp³-hybridized carbons (Fsp3) is 0.250. The third-order valence-electron chi connectivity index (χ3n) is 3.37. The minimum atomic E-state index is -0.0844. The maximum atomic E-state index is 6.40. The minimum absolute atomic E-state index is 0.0844. The molecule has 0 aromatic heterocycles. The predicted molar refractivity (Wildman–Crippen MR) is 92.1 cm³/mol. The summed E-state index contributed by atoms with van der Waals surface area (Å²) < 4.78 is 6.40. The van der Waals surface area contributed by atoms with Crippen molar-refractivity contribution in [3.63, 3.8) is 0 Å². The van der Waals surface area contributed by atoms with E-state index >= 15 is 0 Å². The van der Waals surface area contributed by atoms with E-state index in [2.05, 4.69) is 33.9 Å². The molecule has 3 nitrogen and oxygen atoms in total. The normalized spacial score (nSPS) is 11.0. The summed E-state index contributed by atoms with van der Waals surface area (Å²) in [5.41, 5.74) is 2.32. The van der Waals surface area contributed by atoms with Gasteiger partial charge in [0.15, 0.2) is 0 Å². The Bertz CT molecular complexity index is 485. The van der Waals surface area contributed by atoms with E-state index in [0.717, 1.165) is 10.9 Å². The van der Waals surface area contributed by atoms with E-state index in [1.807, 2.05) is 64.6 Å². The number of benzene rings is 2. The molecule has 21 heavy (non-hydrogen) atoms. The first-order valence-electron chi connectivity index (χ1n) is 7.18. The Morgan fingerprint density at radius 1 is 0.619 bits per heavy atom. The lowest BCUT2D eigenvalue weighted by Gasteiger charge is -2.28. The van der Waals surface area contributed by atoms with Crippen LogP contribution in [0.2, 0.25) is 0 Å². The van der Waals surface area contributed by atoms with Crippen LogP contribution in [0.1, 0.15) is 0 Å². The molecule has 0 aliphatic rings. The van der Waals surface area contributed by atoms with Gasteiger partial charge in [0.25, 0.3) is 0 Å². The lowest BCUT2D eigenvalue weighted by Crippen LogP contribution is -2.57. The van der Waals surface area contributed by atoms with Crippen LogP contribution < -0.4 is 10.9 Å². The van der Waals surface area contributed by atoms with Gasteiger partial charge in [-0.2, -0.15) is 0 Å². The zero-order chi connectivity index (χ0) is 15.2. The number of hydrogen-bond acceptors (Lipinski definition) is 3. The summed E-state index contributed by atoms with van der Waals surface area (Å²) in [7, 11) is 7.98. The maximum Gasteiger partial charge on any atom is 0.404 e. The first-order chi connectivity index (χ1) is 10.1. The van der Waals surface area contributed by atoms with E-state index in [9.17, 15) is 0 Å². The summed E-state index contributed by atoms with van der Waals surface area (Å²) in [5.74, 6) is 0. The quantitative estimate of drug-likeness (QED) is 0.732. The third-order valence-corrected chi connectivity index (χ3v) is 3.37. The molecule has 0 saturated heterocycles. The molecule has 0 atom stereocenters. The highest BCUT2D eigenvalue weighted by molar-refractivity contribution is 6.77. The lowest BCUT2D eigenvalue weighted by atomic mass is 9.63. The molecule has 5 heteroatoms. The van der Waals surface area contributed by atoms with Crippen molar-refractivity contribution in [2.75, 3.05) is 28.2 Å². The van der Waals surface area contributed by atoms with Crippen LogP contribution >= 0.6 is 0 Å². The largest absolute Gasteiger partial charge is 0.464 e. The average Bonchev–Trinajstić information content (AvgIpc) is 2.49. The Labute approximate surface area is 128 Å². The van der Waals surface area contributed by atoms with Crippen LogP contribution in [-0.4, -0.2) is 51.9 Å². The van der Waals surface area contributed by atoms with Gasteiger partial charge >= 0.3 is 14.1 Å². The number of nitrogens with zero attached hydrogens (tertiary/aromatic N) is 2. The fourth-order valence-corrected chi connectivity index (χ4v) is 2.35. The molecule has 2 rings (SSSR count). The SMILES string of the molecule is CN(C)B(OB(c1ccccc1)N(C)C)c1ccccc1. The molecule has 0 spiro atoms. The monoisotopic (exact) mass is 280 g/mol. The van der Waals surface area contributed by atoms with Gasteiger partial charge < -0.3 is 14.2 Å². The van der Waals surface area contributed by atoms with Crippen molar-refractivity contribution < 1.29 is 4.57 Å². The van der Waals surface area contributed by atoms with Crippen molar-refractivity contribution in [3.8, 4) is 0 Å². The van der Waals surface area contributed by atoms with Gasteiger partial charge in [-0.25, -0.2) is 0 Å². The molecule has 0 unspecified atom stereocenters. The Morgan fingerprint density at radius 3 is 1.24 bits per heavy atom. The zero-order valence-corrected chi connectivity index (χ0v) is 13.2. The molecule has 0 aliphatic carbocycles. The lowest BCUT2D eigenvalue weighted by molar-refractivity contribution is 0.442. The van der Waals surface area contributed by atoms with Crippen molar-refractivity contribution in [2.45, 2.75) is 0 Å². The Hall–Kier alpha value is -1.55. The van der Waals surface area contributed by atoms with Gasteiger partial charge in [0.1, 0.15) is 0 Å². The van der Waals surface area contributed by atoms with Crippen LogP contribution in [0.5, 0.6) is 0 Å². The van der Waals surface area contributed by atoms with E-state index in [1.54, 1.807) is 0 Å². The summed E-state index contributed by atoms with van der Waals surface area (Å²) >= 11 is 0. The molecule has 2 aromatic rings. The van der Waals surface area contributed by atoms with E-state index in [-0.39, 0.29) is 14.1 Å². The van der Waals surface area contributed by atoms with Crippen LogP contribution in [-0.2, 0) is 4.57 Å². The molecule has 0 heterocycles. The van der Waals surface area contributed by atoms with Crippen LogP contribution in [0.3, 0.4) is 0 Å². The van der Waals surface area contributed by atoms with Crippen molar-refractivity contribution in [1.82, 2.24) is 9.62 Å². The van der Waals surface area contributed by atoms with Gasteiger partial charge in [0.05, 0.1) is 0 Å².